The van der Waals surface area contributed by atoms with Crippen molar-refractivity contribution in [3.8, 4) is 11.1 Å². The molecule has 1 atom stereocenters. The van der Waals surface area contributed by atoms with Gasteiger partial charge in [0.2, 0.25) is 0 Å². The number of aromatic amines is 1. The second-order valence-corrected chi connectivity index (χ2v) is 9.53. The maximum atomic E-state index is 12.6. The Labute approximate surface area is 201 Å². The third kappa shape index (κ3) is 5.62. The molecule has 0 saturated heterocycles. The normalized spacial score (nSPS) is 14.0. The molecule has 0 radical (unpaired) electrons. The summed E-state index contributed by atoms with van der Waals surface area (Å²) in [7, 11) is 3.98. The molecule has 2 N–H and O–H groups in total. The first-order chi connectivity index (χ1) is 16.4. The average molecular weight is 459 g/mol. The molecule has 6 nitrogen and oxygen atoms in total. The highest BCUT2D eigenvalue weighted by molar-refractivity contribution is 5.95. The van der Waals surface area contributed by atoms with Gasteiger partial charge in [0.25, 0.3) is 11.5 Å². The summed E-state index contributed by atoms with van der Waals surface area (Å²) in [6.45, 7) is 3.63. The first kappa shape index (κ1) is 23.9. The number of amides is 1. The van der Waals surface area contributed by atoms with Gasteiger partial charge in [-0.3, -0.25) is 9.59 Å². The summed E-state index contributed by atoms with van der Waals surface area (Å²) in [5.74, 6) is 0.198. The fourth-order valence-corrected chi connectivity index (χ4v) is 4.66. The summed E-state index contributed by atoms with van der Waals surface area (Å²) in [6.07, 6.45) is 4.77. The minimum absolute atomic E-state index is 0.0290. The minimum atomic E-state index is -0.0536. The molecule has 1 heterocycles. The molecule has 0 aliphatic heterocycles. The monoisotopic (exact) mass is 458 g/mol. The van der Waals surface area contributed by atoms with Crippen molar-refractivity contribution in [2.45, 2.75) is 44.9 Å². The number of hydrogen-bond donors (Lipinski definition) is 2. The molecule has 4 rings (SSSR count). The molecule has 0 saturated carbocycles. The van der Waals surface area contributed by atoms with Gasteiger partial charge in [-0.1, -0.05) is 43.3 Å². The fourth-order valence-electron chi connectivity index (χ4n) is 4.66. The van der Waals surface area contributed by atoms with Gasteiger partial charge in [-0.15, -0.1) is 0 Å². The lowest BCUT2D eigenvalue weighted by molar-refractivity contribution is 0.0951. The number of H-pyrrole nitrogens is 1. The lowest BCUT2D eigenvalue weighted by Crippen LogP contribution is -2.31. The van der Waals surface area contributed by atoms with Crippen LogP contribution >= 0.6 is 0 Å². The summed E-state index contributed by atoms with van der Waals surface area (Å²) >= 11 is 0. The smallest absolute Gasteiger partial charge is 0.267 e. The standard InChI is InChI=1S/C28H34N4O2/c1-19(16-26-24-12-4-5-13-25(24)28(34)31-30-26)20-8-6-9-21(17-20)22-10-7-11-23(18-22)27(33)29-14-15-32(2)3/h6-11,17-19H,4-5,12-16H2,1-3H3,(H,29,33)(H,31,34). The van der Waals surface area contributed by atoms with Crippen LogP contribution < -0.4 is 10.9 Å². The Bertz CT molecular complexity index is 1220. The molecule has 6 heteroatoms. The van der Waals surface area contributed by atoms with E-state index in [1.807, 2.05) is 43.3 Å². The number of carbonyl (C=O) groups excluding carboxylic acids is 1. The Morgan fingerprint density at radius 1 is 1.06 bits per heavy atom. The highest BCUT2D eigenvalue weighted by Gasteiger charge is 2.20. The van der Waals surface area contributed by atoms with Gasteiger partial charge in [-0.25, -0.2) is 5.10 Å². The van der Waals surface area contributed by atoms with Crippen molar-refractivity contribution in [3.05, 3.63) is 86.8 Å². The van der Waals surface area contributed by atoms with Crippen molar-refractivity contribution in [2.24, 2.45) is 0 Å². The predicted molar refractivity (Wildman–Crippen MR) is 136 cm³/mol. The van der Waals surface area contributed by atoms with Crippen molar-refractivity contribution in [3.63, 3.8) is 0 Å². The minimum Gasteiger partial charge on any atom is -0.351 e. The molecule has 2 aromatic carbocycles. The van der Waals surface area contributed by atoms with Crippen LogP contribution in [0.4, 0.5) is 0 Å². The SMILES string of the molecule is CC(Cc1n[nH]c(=O)c2c1CCCC2)c1cccc(-c2cccc(C(=O)NCCN(C)C)c2)c1. The molecule has 1 aromatic heterocycles. The second kappa shape index (κ2) is 10.8. The Kier molecular flexibility index (Phi) is 7.58. The number of likely N-dealkylation sites (N-methyl/N-ethyl adjacent to an activating group) is 1. The molecule has 34 heavy (non-hydrogen) atoms. The molecule has 1 aliphatic carbocycles. The number of carbonyl (C=O) groups is 1. The molecule has 1 unspecified atom stereocenters. The summed E-state index contributed by atoms with van der Waals surface area (Å²) in [6, 6.07) is 16.3. The Morgan fingerprint density at radius 2 is 1.76 bits per heavy atom. The van der Waals surface area contributed by atoms with Crippen molar-refractivity contribution in [1.29, 1.82) is 0 Å². The summed E-state index contributed by atoms with van der Waals surface area (Å²) in [4.78, 5) is 26.8. The summed E-state index contributed by atoms with van der Waals surface area (Å²) in [5.41, 5.74) is 7.07. The van der Waals surface area contributed by atoms with E-state index in [1.165, 1.54) is 5.56 Å². The van der Waals surface area contributed by atoms with E-state index in [1.54, 1.807) is 0 Å². The zero-order valence-corrected chi connectivity index (χ0v) is 20.4. The van der Waals surface area contributed by atoms with Crippen LogP contribution in [0.2, 0.25) is 0 Å². The van der Waals surface area contributed by atoms with E-state index < -0.39 is 0 Å². The van der Waals surface area contributed by atoms with Crippen molar-refractivity contribution in [2.75, 3.05) is 27.2 Å². The lowest BCUT2D eigenvalue weighted by atomic mass is 9.87. The van der Waals surface area contributed by atoms with Crippen LogP contribution in [0.15, 0.2) is 53.3 Å². The highest BCUT2D eigenvalue weighted by Crippen LogP contribution is 2.29. The van der Waals surface area contributed by atoms with Crippen LogP contribution in [0.1, 0.15) is 58.4 Å². The van der Waals surface area contributed by atoms with Gasteiger partial charge in [0.1, 0.15) is 0 Å². The largest absolute Gasteiger partial charge is 0.351 e. The van der Waals surface area contributed by atoms with Gasteiger partial charge in [0, 0.05) is 24.2 Å². The number of rotatable bonds is 8. The number of benzene rings is 2. The highest BCUT2D eigenvalue weighted by atomic mass is 16.1. The Hall–Kier alpha value is -3.25. The van der Waals surface area contributed by atoms with Crippen LogP contribution in [0.3, 0.4) is 0 Å². The van der Waals surface area contributed by atoms with Crippen LogP contribution in [-0.2, 0) is 19.3 Å². The van der Waals surface area contributed by atoms with Gasteiger partial charge < -0.3 is 10.2 Å². The summed E-state index contributed by atoms with van der Waals surface area (Å²) < 4.78 is 0. The van der Waals surface area contributed by atoms with Crippen LogP contribution in [0, 0.1) is 0 Å². The molecule has 1 aliphatic rings. The average Bonchev–Trinajstić information content (AvgIpc) is 2.86. The van der Waals surface area contributed by atoms with Crippen LogP contribution in [-0.4, -0.2) is 48.2 Å². The zero-order valence-electron chi connectivity index (χ0n) is 20.4. The van der Waals surface area contributed by atoms with Gasteiger partial charge in [0.15, 0.2) is 0 Å². The van der Waals surface area contributed by atoms with E-state index in [2.05, 4.69) is 46.7 Å². The van der Waals surface area contributed by atoms with Gasteiger partial charge in [0.05, 0.1) is 5.69 Å². The molecule has 0 spiro atoms. The third-order valence-electron chi connectivity index (χ3n) is 6.64. The van der Waals surface area contributed by atoms with Crippen molar-refractivity contribution in [1.82, 2.24) is 20.4 Å². The van der Waals surface area contributed by atoms with Crippen molar-refractivity contribution < 1.29 is 4.79 Å². The first-order valence-corrected chi connectivity index (χ1v) is 12.1. The number of nitrogens with one attached hydrogen (secondary N) is 2. The van der Waals surface area contributed by atoms with E-state index in [4.69, 9.17) is 0 Å². The summed E-state index contributed by atoms with van der Waals surface area (Å²) in [5, 5.41) is 10.1. The zero-order chi connectivity index (χ0) is 24.1. The van der Waals surface area contributed by atoms with Gasteiger partial charge >= 0.3 is 0 Å². The fraction of sp³-hybridized carbons (Fsp3) is 0.393. The van der Waals surface area contributed by atoms with E-state index >= 15 is 0 Å². The lowest BCUT2D eigenvalue weighted by Gasteiger charge is -2.20. The molecular formula is C28H34N4O2. The first-order valence-electron chi connectivity index (χ1n) is 12.1. The van der Waals surface area contributed by atoms with E-state index in [0.717, 1.165) is 66.6 Å². The van der Waals surface area contributed by atoms with Crippen LogP contribution in [0.5, 0.6) is 0 Å². The second-order valence-electron chi connectivity index (χ2n) is 9.53. The number of fused-ring (bicyclic) bond motifs is 1. The maximum Gasteiger partial charge on any atom is 0.267 e. The third-order valence-corrected chi connectivity index (χ3v) is 6.64. The Morgan fingerprint density at radius 3 is 2.53 bits per heavy atom. The van der Waals surface area contributed by atoms with Crippen LogP contribution in [0.25, 0.3) is 11.1 Å². The molecule has 1 amide bonds. The van der Waals surface area contributed by atoms with E-state index in [-0.39, 0.29) is 17.4 Å². The topological polar surface area (TPSA) is 78.1 Å². The number of hydrogen-bond acceptors (Lipinski definition) is 4. The molecule has 0 fully saturated rings. The molecular weight excluding hydrogens is 424 g/mol. The molecule has 3 aromatic rings. The van der Waals surface area contributed by atoms with Gasteiger partial charge in [-0.05, 0) is 86.5 Å². The number of aromatic nitrogens is 2. The predicted octanol–water partition coefficient (Wildman–Crippen LogP) is 3.95. The molecule has 178 valence electrons. The maximum absolute atomic E-state index is 12.6. The van der Waals surface area contributed by atoms with Crippen molar-refractivity contribution >= 4 is 5.91 Å². The van der Waals surface area contributed by atoms with E-state index in [9.17, 15) is 9.59 Å². The van der Waals surface area contributed by atoms with E-state index in [0.29, 0.717) is 12.1 Å². The Balaban J connectivity index is 1.51. The number of nitrogens with zero attached hydrogens (tertiary/aromatic N) is 2. The van der Waals surface area contributed by atoms with Gasteiger partial charge in [-0.2, -0.15) is 5.10 Å². The quantitative estimate of drug-likeness (QED) is 0.536. The molecule has 0 bridgehead atoms.